The molecular formula is C16H29N3O. The third kappa shape index (κ3) is 2.91. The van der Waals surface area contributed by atoms with E-state index in [9.17, 15) is 5.11 Å². The lowest BCUT2D eigenvalue weighted by molar-refractivity contribution is 0.117. The van der Waals surface area contributed by atoms with E-state index in [0.717, 1.165) is 31.6 Å². The normalized spacial score (nSPS) is 18.2. The molecule has 0 aliphatic heterocycles. The maximum Gasteiger partial charge on any atom is 0.0641 e. The number of aryl methyl sites for hydroxylation is 1. The molecule has 0 aromatic carbocycles. The molecule has 114 valence electrons. The van der Waals surface area contributed by atoms with Gasteiger partial charge in [-0.2, -0.15) is 5.10 Å². The molecule has 2 rings (SSSR count). The Bertz CT molecular complexity index is 451. The second-order valence-corrected chi connectivity index (χ2v) is 6.18. The minimum Gasteiger partial charge on any atom is -0.394 e. The van der Waals surface area contributed by atoms with Gasteiger partial charge in [-0.3, -0.25) is 4.68 Å². The highest BCUT2D eigenvalue weighted by Crippen LogP contribution is 2.40. The SMILES string of the molecule is CCCNC(CO)(Cn1nc(C)c(CC)c1C)C1CC1. The van der Waals surface area contributed by atoms with Crippen molar-refractivity contribution < 1.29 is 5.11 Å². The van der Waals surface area contributed by atoms with Gasteiger partial charge in [-0.1, -0.05) is 13.8 Å². The number of rotatable bonds is 8. The molecule has 1 aliphatic carbocycles. The molecule has 1 atom stereocenters. The average molecular weight is 279 g/mol. The number of aliphatic hydroxyl groups is 1. The number of aliphatic hydroxyl groups excluding tert-OH is 1. The van der Waals surface area contributed by atoms with Gasteiger partial charge >= 0.3 is 0 Å². The molecule has 0 amide bonds. The van der Waals surface area contributed by atoms with Crippen LogP contribution in [0.1, 0.15) is 50.1 Å². The molecule has 1 heterocycles. The van der Waals surface area contributed by atoms with Gasteiger partial charge in [0.15, 0.2) is 0 Å². The molecule has 20 heavy (non-hydrogen) atoms. The van der Waals surface area contributed by atoms with E-state index in [4.69, 9.17) is 5.10 Å². The molecular weight excluding hydrogens is 250 g/mol. The molecule has 2 N–H and O–H groups in total. The average Bonchev–Trinajstić information content (AvgIpc) is 3.24. The summed E-state index contributed by atoms with van der Waals surface area (Å²) in [4.78, 5) is 0. The van der Waals surface area contributed by atoms with E-state index in [0.29, 0.717) is 5.92 Å². The van der Waals surface area contributed by atoms with E-state index in [1.54, 1.807) is 0 Å². The first-order chi connectivity index (χ1) is 9.57. The number of hydrogen-bond donors (Lipinski definition) is 2. The highest BCUT2D eigenvalue weighted by Gasteiger charge is 2.45. The second-order valence-electron chi connectivity index (χ2n) is 6.18. The molecule has 1 aromatic heterocycles. The van der Waals surface area contributed by atoms with Gasteiger partial charge in [0.25, 0.3) is 0 Å². The van der Waals surface area contributed by atoms with Crippen molar-refractivity contribution in [1.82, 2.24) is 15.1 Å². The summed E-state index contributed by atoms with van der Waals surface area (Å²) in [6, 6.07) is 0. The highest BCUT2D eigenvalue weighted by molar-refractivity contribution is 5.24. The van der Waals surface area contributed by atoms with Gasteiger partial charge in [-0.15, -0.1) is 0 Å². The van der Waals surface area contributed by atoms with Crippen LogP contribution in [0.5, 0.6) is 0 Å². The van der Waals surface area contributed by atoms with E-state index >= 15 is 0 Å². The lowest BCUT2D eigenvalue weighted by Gasteiger charge is -2.34. The monoisotopic (exact) mass is 279 g/mol. The topological polar surface area (TPSA) is 50.1 Å². The van der Waals surface area contributed by atoms with Gasteiger partial charge < -0.3 is 10.4 Å². The van der Waals surface area contributed by atoms with Crippen LogP contribution in [0.4, 0.5) is 0 Å². The van der Waals surface area contributed by atoms with Gasteiger partial charge in [0.1, 0.15) is 0 Å². The van der Waals surface area contributed by atoms with Crippen molar-refractivity contribution >= 4 is 0 Å². The zero-order chi connectivity index (χ0) is 14.8. The largest absolute Gasteiger partial charge is 0.394 e. The maximum atomic E-state index is 10.00. The third-order valence-corrected chi connectivity index (χ3v) is 4.68. The van der Waals surface area contributed by atoms with E-state index in [2.05, 4.69) is 37.7 Å². The van der Waals surface area contributed by atoms with Crippen molar-refractivity contribution in [3.05, 3.63) is 17.0 Å². The summed E-state index contributed by atoms with van der Waals surface area (Å²) in [5.41, 5.74) is 3.54. The summed E-state index contributed by atoms with van der Waals surface area (Å²) < 4.78 is 2.10. The third-order valence-electron chi connectivity index (χ3n) is 4.68. The van der Waals surface area contributed by atoms with Crippen molar-refractivity contribution in [2.75, 3.05) is 13.2 Å². The predicted molar refractivity (Wildman–Crippen MR) is 81.9 cm³/mol. The lowest BCUT2D eigenvalue weighted by atomic mass is 9.93. The number of hydrogen-bond acceptors (Lipinski definition) is 3. The van der Waals surface area contributed by atoms with Crippen molar-refractivity contribution in [2.24, 2.45) is 5.92 Å². The number of aromatic nitrogens is 2. The zero-order valence-electron chi connectivity index (χ0n) is 13.4. The van der Waals surface area contributed by atoms with E-state index in [-0.39, 0.29) is 12.1 Å². The Kier molecular flexibility index (Phi) is 4.86. The molecule has 0 spiro atoms. The summed E-state index contributed by atoms with van der Waals surface area (Å²) in [5.74, 6) is 0.591. The van der Waals surface area contributed by atoms with Crippen molar-refractivity contribution in [3.63, 3.8) is 0 Å². The molecule has 0 saturated heterocycles. The van der Waals surface area contributed by atoms with Gasteiger partial charge in [0.2, 0.25) is 0 Å². The highest BCUT2D eigenvalue weighted by atomic mass is 16.3. The second kappa shape index (κ2) is 6.27. The Morgan fingerprint density at radius 1 is 1.35 bits per heavy atom. The summed E-state index contributed by atoms with van der Waals surface area (Å²) in [6.45, 7) is 10.5. The standard InChI is InChI=1S/C16H29N3O/c1-5-9-17-16(11-20,14-7-8-14)10-19-13(4)15(6-2)12(3)18-19/h14,17,20H,5-11H2,1-4H3. The first-order valence-electron chi connectivity index (χ1n) is 7.96. The smallest absolute Gasteiger partial charge is 0.0641 e. The van der Waals surface area contributed by atoms with Crippen LogP contribution < -0.4 is 5.32 Å². The van der Waals surface area contributed by atoms with Crippen LogP contribution in [-0.2, 0) is 13.0 Å². The maximum absolute atomic E-state index is 10.00. The van der Waals surface area contributed by atoms with Crippen LogP contribution in [0, 0.1) is 19.8 Å². The summed E-state index contributed by atoms with van der Waals surface area (Å²) in [7, 11) is 0. The Balaban J connectivity index is 2.23. The molecule has 1 unspecified atom stereocenters. The van der Waals surface area contributed by atoms with Gasteiger partial charge in [-0.25, -0.2) is 0 Å². The number of nitrogens with one attached hydrogen (secondary N) is 1. The van der Waals surface area contributed by atoms with Gasteiger partial charge in [0, 0.05) is 5.69 Å². The Morgan fingerprint density at radius 2 is 2.05 bits per heavy atom. The fourth-order valence-electron chi connectivity index (χ4n) is 3.24. The zero-order valence-corrected chi connectivity index (χ0v) is 13.4. The van der Waals surface area contributed by atoms with Crippen LogP contribution in [0.25, 0.3) is 0 Å². The summed E-state index contributed by atoms with van der Waals surface area (Å²) in [6.07, 6.45) is 4.55. The van der Waals surface area contributed by atoms with Crippen LogP contribution in [0.15, 0.2) is 0 Å². The Morgan fingerprint density at radius 3 is 2.50 bits per heavy atom. The predicted octanol–water partition coefficient (Wildman–Crippen LogP) is 2.20. The van der Waals surface area contributed by atoms with Crippen LogP contribution in [0.3, 0.4) is 0 Å². The lowest BCUT2D eigenvalue weighted by Crippen LogP contribution is -2.54. The van der Waals surface area contributed by atoms with E-state index in [1.807, 2.05) is 0 Å². The molecule has 1 saturated carbocycles. The van der Waals surface area contributed by atoms with Gasteiger partial charge in [-0.05, 0) is 57.6 Å². The molecule has 4 heteroatoms. The Hall–Kier alpha value is -0.870. The quantitative estimate of drug-likeness (QED) is 0.767. The van der Waals surface area contributed by atoms with E-state index in [1.165, 1.54) is 24.1 Å². The molecule has 0 bridgehead atoms. The molecule has 4 nitrogen and oxygen atoms in total. The molecule has 0 radical (unpaired) electrons. The minimum absolute atomic E-state index is 0.190. The van der Waals surface area contributed by atoms with Gasteiger partial charge in [0.05, 0.1) is 24.4 Å². The molecule has 1 aromatic rings. The minimum atomic E-state index is -0.190. The van der Waals surface area contributed by atoms with Crippen molar-refractivity contribution in [2.45, 2.75) is 65.5 Å². The number of nitrogens with zero attached hydrogens (tertiary/aromatic N) is 2. The van der Waals surface area contributed by atoms with Crippen molar-refractivity contribution in [1.29, 1.82) is 0 Å². The van der Waals surface area contributed by atoms with Crippen LogP contribution >= 0.6 is 0 Å². The summed E-state index contributed by atoms with van der Waals surface area (Å²) >= 11 is 0. The fourth-order valence-corrected chi connectivity index (χ4v) is 3.24. The summed E-state index contributed by atoms with van der Waals surface area (Å²) in [5, 5.41) is 18.3. The van der Waals surface area contributed by atoms with Crippen LogP contribution in [0.2, 0.25) is 0 Å². The fraction of sp³-hybridized carbons (Fsp3) is 0.812. The molecule has 1 aliphatic rings. The van der Waals surface area contributed by atoms with Crippen molar-refractivity contribution in [3.8, 4) is 0 Å². The van der Waals surface area contributed by atoms with Crippen LogP contribution in [-0.4, -0.2) is 33.6 Å². The van der Waals surface area contributed by atoms with E-state index < -0.39 is 0 Å². The first kappa shape index (κ1) is 15.5. The first-order valence-corrected chi connectivity index (χ1v) is 7.96. The molecule has 1 fully saturated rings. The Labute approximate surface area is 122 Å².